The SMILES string of the molecule is CN(c1ccc2c(c1)nc(C(C)(C)C)n2CC1CCOCC1)S(=O)(=O)C1=CCCC=C1. The second-order valence-electron chi connectivity index (χ2n) is 9.58. The Morgan fingerprint density at radius 1 is 1.19 bits per heavy atom. The van der Waals surface area contributed by atoms with E-state index in [1.807, 2.05) is 24.3 Å². The van der Waals surface area contributed by atoms with Crippen molar-refractivity contribution in [3.63, 3.8) is 0 Å². The van der Waals surface area contributed by atoms with E-state index in [0.29, 0.717) is 16.5 Å². The van der Waals surface area contributed by atoms with Crippen LogP contribution in [0.25, 0.3) is 11.0 Å². The van der Waals surface area contributed by atoms with Crippen molar-refractivity contribution < 1.29 is 13.2 Å². The lowest BCUT2D eigenvalue weighted by Crippen LogP contribution is -2.27. The normalized spacial score (nSPS) is 18.4. The molecule has 0 spiro atoms. The molecule has 0 saturated carbocycles. The van der Waals surface area contributed by atoms with Crippen LogP contribution in [0, 0.1) is 5.92 Å². The molecule has 0 atom stereocenters. The van der Waals surface area contributed by atoms with E-state index in [9.17, 15) is 8.42 Å². The van der Waals surface area contributed by atoms with Gasteiger partial charge in [-0.15, -0.1) is 0 Å². The summed E-state index contributed by atoms with van der Waals surface area (Å²) >= 11 is 0. The maximum atomic E-state index is 13.1. The Morgan fingerprint density at radius 2 is 1.94 bits per heavy atom. The van der Waals surface area contributed by atoms with E-state index >= 15 is 0 Å². The van der Waals surface area contributed by atoms with Crippen LogP contribution in [0.1, 0.15) is 52.3 Å². The number of fused-ring (bicyclic) bond motifs is 1. The zero-order chi connectivity index (χ0) is 22.2. The lowest BCUT2D eigenvalue weighted by Gasteiger charge is -2.26. The summed E-state index contributed by atoms with van der Waals surface area (Å²) in [6.45, 7) is 9.08. The summed E-state index contributed by atoms with van der Waals surface area (Å²) in [4.78, 5) is 5.33. The Hall–Kier alpha value is -2.12. The molecule has 1 aromatic carbocycles. The predicted molar refractivity (Wildman–Crippen MR) is 126 cm³/mol. The maximum absolute atomic E-state index is 13.1. The van der Waals surface area contributed by atoms with E-state index < -0.39 is 10.0 Å². The molecule has 4 rings (SSSR count). The van der Waals surface area contributed by atoms with Gasteiger partial charge in [-0.2, -0.15) is 0 Å². The van der Waals surface area contributed by atoms with Gasteiger partial charge in [-0.05, 0) is 55.9 Å². The molecule has 0 unspecified atom stereocenters. The molecule has 0 bridgehead atoms. The lowest BCUT2D eigenvalue weighted by atomic mass is 9.94. The quantitative estimate of drug-likeness (QED) is 0.668. The highest BCUT2D eigenvalue weighted by atomic mass is 32.2. The monoisotopic (exact) mass is 443 g/mol. The molecule has 2 aromatic rings. The van der Waals surface area contributed by atoms with Crippen molar-refractivity contribution in [3.8, 4) is 0 Å². The van der Waals surface area contributed by atoms with Crippen LogP contribution in [0.2, 0.25) is 0 Å². The first kappa shape index (κ1) is 22.1. The summed E-state index contributed by atoms with van der Waals surface area (Å²) in [6.07, 6.45) is 9.17. The molecule has 1 aromatic heterocycles. The van der Waals surface area contributed by atoms with E-state index in [1.54, 1.807) is 19.2 Å². The molecule has 2 aliphatic rings. The van der Waals surface area contributed by atoms with Gasteiger partial charge in [0.1, 0.15) is 5.82 Å². The highest BCUT2D eigenvalue weighted by Crippen LogP contribution is 2.32. The number of nitrogens with zero attached hydrogens (tertiary/aromatic N) is 3. The van der Waals surface area contributed by atoms with Crippen LogP contribution in [0.4, 0.5) is 5.69 Å². The van der Waals surface area contributed by atoms with Crippen molar-refractivity contribution in [2.24, 2.45) is 5.92 Å². The van der Waals surface area contributed by atoms with Crippen molar-refractivity contribution in [2.45, 2.75) is 58.4 Å². The first-order valence-corrected chi connectivity index (χ1v) is 12.6. The van der Waals surface area contributed by atoms with Gasteiger partial charge in [0.15, 0.2) is 0 Å². The number of aromatic nitrogens is 2. The number of ether oxygens (including phenoxy) is 1. The summed E-state index contributed by atoms with van der Waals surface area (Å²) in [5.41, 5.74) is 2.41. The summed E-state index contributed by atoms with van der Waals surface area (Å²) in [5.74, 6) is 1.61. The third-order valence-corrected chi connectivity index (χ3v) is 8.00. The molecule has 1 aliphatic carbocycles. The van der Waals surface area contributed by atoms with Gasteiger partial charge >= 0.3 is 0 Å². The fourth-order valence-electron chi connectivity index (χ4n) is 4.34. The Labute approximate surface area is 185 Å². The molecule has 1 saturated heterocycles. The van der Waals surface area contributed by atoms with Gasteiger partial charge in [0.05, 0.1) is 21.6 Å². The van der Waals surface area contributed by atoms with Gasteiger partial charge in [-0.1, -0.05) is 32.9 Å². The van der Waals surface area contributed by atoms with E-state index in [4.69, 9.17) is 9.72 Å². The fourth-order valence-corrected chi connectivity index (χ4v) is 5.64. The van der Waals surface area contributed by atoms with E-state index in [2.05, 4.69) is 25.3 Å². The summed E-state index contributed by atoms with van der Waals surface area (Å²) in [7, 11) is -1.96. The molecule has 7 heteroatoms. The van der Waals surface area contributed by atoms with Crippen molar-refractivity contribution in [1.82, 2.24) is 9.55 Å². The number of allylic oxidation sites excluding steroid dienone is 3. The smallest absolute Gasteiger partial charge is 0.263 e. The van der Waals surface area contributed by atoms with Gasteiger partial charge in [0.2, 0.25) is 0 Å². The molecule has 1 aliphatic heterocycles. The van der Waals surface area contributed by atoms with Crippen molar-refractivity contribution >= 4 is 26.7 Å². The number of imidazole rings is 1. The molecule has 1 fully saturated rings. The lowest BCUT2D eigenvalue weighted by molar-refractivity contribution is 0.0611. The van der Waals surface area contributed by atoms with Crippen molar-refractivity contribution in [2.75, 3.05) is 24.6 Å². The topological polar surface area (TPSA) is 64.4 Å². The summed E-state index contributed by atoms with van der Waals surface area (Å²) in [6, 6.07) is 5.81. The number of benzene rings is 1. The Bertz CT molecular complexity index is 1120. The molecule has 6 nitrogen and oxygen atoms in total. The maximum Gasteiger partial charge on any atom is 0.263 e. The third kappa shape index (κ3) is 4.44. The standard InChI is InChI=1S/C24H33N3O3S/c1-24(2,3)23-25-21-16-19(26(4)31(28,29)20-8-6-5-7-9-20)10-11-22(21)27(23)17-18-12-14-30-15-13-18/h6,8-11,16,18H,5,7,12-15,17H2,1-4H3. The molecular formula is C24H33N3O3S. The van der Waals surface area contributed by atoms with Gasteiger partial charge in [-0.3, -0.25) is 4.31 Å². The van der Waals surface area contributed by atoms with Crippen LogP contribution in [0.15, 0.2) is 41.3 Å². The van der Waals surface area contributed by atoms with E-state index in [1.165, 1.54) is 4.31 Å². The molecule has 2 heterocycles. The molecule has 0 radical (unpaired) electrons. The number of hydrogen-bond acceptors (Lipinski definition) is 4. The highest BCUT2D eigenvalue weighted by Gasteiger charge is 2.27. The molecule has 0 amide bonds. The Balaban J connectivity index is 1.72. The predicted octanol–water partition coefficient (Wildman–Crippen LogP) is 4.76. The van der Waals surface area contributed by atoms with Crippen LogP contribution >= 0.6 is 0 Å². The van der Waals surface area contributed by atoms with Crippen molar-refractivity contribution in [1.29, 1.82) is 0 Å². The second-order valence-corrected chi connectivity index (χ2v) is 11.6. The third-order valence-electron chi connectivity index (χ3n) is 6.17. The average Bonchev–Trinajstić information content (AvgIpc) is 3.12. The van der Waals surface area contributed by atoms with Gasteiger partial charge in [0.25, 0.3) is 10.0 Å². The summed E-state index contributed by atoms with van der Waals surface area (Å²) in [5, 5.41) is 0. The minimum absolute atomic E-state index is 0.111. The zero-order valence-electron chi connectivity index (χ0n) is 19.0. The number of sulfonamides is 1. The molecule has 0 N–H and O–H groups in total. The van der Waals surface area contributed by atoms with Gasteiger partial charge in [0, 0.05) is 32.2 Å². The number of hydrogen-bond donors (Lipinski definition) is 0. The summed E-state index contributed by atoms with van der Waals surface area (Å²) < 4.78 is 35.4. The van der Waals surface area contributed by atoms with E-state index in [0.717, 1.165) is 62.3 Å². The van der Waals surface area contributed by atoms with Crippen LogP contribution < -0.4 is 4.31 Å². The van der Waals surface area contributed by atoms with E-state index in [-0.39, 0.29) is 5.41 Å². The fraction of sp³-hybridized carbons (Fsp3) is 0.542. The van der Waals surface area contributed by atoms with Crippen LogP contribution in [-0.2, 0) is 26.7 Å². The van der Waals surface area contributed by atoms with Crippen LogP contribution in [0.5, 0.6) is 0 Å². The van der Waals surface area contributed by atoms with Crippen LogP contribution in [0.3, 0.4) is 0 Å². The zero-order valence-corrected chi connectivity index (χ0v) is 19.8. The highest BCUT2D eigenvalue weighted by molar-refractivity contribution is 7.96. The number of anilines is 1. The molecular weight excluding hydrogens is 410 g/mol. The number of rotatable bonds is 5. The minimum Gasteiger partial charge on any atom is -0.381 e. The molecule has 31 heavy (non-hydrogen) atoms. The Kier molecular flexibility index (Phi) is 6.01. The Morgan fingerprint density at radius 3 is 2.58 bits per heavy atom. The van der Waals surface area contributed by atoms with Crippen LogP contribution in [-0.4, -0.2) is 38.2 Å². The largest absolute Gasteiger partial charge is 0.381 e. The minimum atomic E-state index is -3.58. The van der Waals surface area contributed by atoms with Gasteiger partial charge in [-0.25, -0.2) is 13.4 Å². The first-order chi connectivity index (χ1) is 14.7. The van der Waals surface area contributed by atoms with Gasteiger partial charge < -0.3 is 9.30 Å². The molecule has 168 valence electrons. The average molecular weight is 444 g/mol. The second kappa shape index (κ2) is 8.43. The van der Waals surface area contributed by atoms with Crippen molar-refractivity contribution in [3.05, 3.63) is 47.2 Å². The first-order valence-electron chi connectivity index (χ1n) is 11.1.